The van der Waals surface area contributed by atoms with Crippen LogP contribution >= 0.6 is 22.6 Å². The number of alkyl halides is 3. The molecule has 1 aromatic carbocycles. The van der Waals surface area contributed by atoms with Crippen LogP contribution in [-0.4, -0.2) is 0 Å². The Kier molecular flexibility index (Phi) is 3.37. The first-order chi connectivity index (χ1) is 6.45. The normalized spacial score (nSPS) is 11.1. The number of nitriles is 1. The van der Waals surface area contributed by atoms with Gasteiger partial charge in [-0.25, -0.2) is 0 Å². The van der Waals surface area contributed by atoms with Gasteiger partial charge in [0.05, 0.1) is 18.1 Å². The molecule has 0 amide bonds. The van der Waals surface area contributed by atoms with Crippen molar-refractivity contribution in [2.75, 3.05) is 0 Å². The second kappa shape index (κ2) is 4.17. The van der Waals surface area contributed by atoms with Crippen molar-refractivity contribution < 1.29 is 13.2 Å². The molecular formula is C9H5F3IN. The number of hydrogen-bond acceptors (Lipinski definition) is 1. The van der Waals surface area contributed by atoms with Crippen LogP contribution in [0.1, 0.15) is 11.1 Å². The lowest BCUT2D eigenvalue weighted by Crippen LogP contribution is -2.06. The maximum absolute atomic E-state index is 12.3. The number of halogens is 4. The summed E-state index contributed by atoms with van der Waals surface area (Å²) in [7, 11) is 0. The molecule has 0 aliphatic rings. The molecule has 0 spiro atoms. The SMILES string of the molecule is N#CCc1cc(C(F)(F)F)ccc1I. The van der Waals surface area contributed by atoms with E-state index in [0.717, 1.165) is 12.1 Å². The van der Waals surface area contributed by atoms with Gasteiger partial charge in [0.2, 0.25) is 0 Å². The number of benzene rings is 1. The summed E-state index contributed by atoms with van der Waals surface area (Å²) in [5.74, 6) is 0. The van der Waals surface area contributed by atoms with E-state index in [1.54, 1.807) is 0 Å². The second-order valence-electron chi connectivity index (χ2n) is 2.64. The van der Waals surface area contributed by atoms with E-state index in [-0.39, 0.29) is 6.42 Å². The highest BCUT2D eigenvalue weighted by molar-refractivity contribution is 14.1. The number of hydrogen-bond donors (Lipinski definition) is 0. The molecule has 0 aliphatic heterocycles. The van der Waals surface area contributed by atoms with E-state index in [1.807, 2.05) is 28.7 Å². The quantitative estimate of drug-likeness (QED) is 0.730. The fraction of sp³-hybridized carbons (Fsp3) is 0.222. The highest BCUT2D eigenvalue weighted by Gasteiger charge is 2.30. The second-order valence-corrected chi connectivity index (χ2v) is 3.80. The zero-order chi connectivity index (χ0) is 10.8. The topological polar surface area (TPSA) is 23.8 Å². The van der Waals surface area contributed by atoms with E-state index in [4.69, 9.17) is 5.26 Å². The first kappa shape index (κ1) is 11.3. The largest absolute Gasteiger partial charge is 0.416 e. The van der Waals surface area contributed by atoms with Gasteiger partial charge >= 0.3 is 6.18 Å². The summed E-state index contributed by atoms with van der Waals surface area (Å²) >= 11 is 1.91. The van der Waals surface area contributed by atoms with Gasteiger partial charge in [-0.15, -0.1) is 0 Å². The lowest BCUT2D eigenvalue weighted by atomic mass is 10.1. The third kappa shape index (κ3) is 2.61. The van der Waals surface area contributed by atoms with E-state index >= 15 is 0 Å². The molecule has 5 heteroatoms. The molecule has 0 atom stereocenters. The summed E-state index contributed by atoms with van der Waals surface area (Å²) in [5.41, 5.74) is -0.286. The maximum Gasteiger partial charge on any atom is 0.416 e. The van der Waals surface area contributed by atoms with Crippen LogP contribution in [0.15, 0.2) is 18.2 Å². The van der Waals surface area contributed by atoms with Crippen LogP contribution in [0.5, 0.6) is 0 Å². The Morgan fingerprint density at radius 1 is 1.36 bits per heavy atom. The van der Waals surface area contributed by atoms with E-state index in [0.29, 0.717) is 9.13 Å². The van der Waals surface area contributed by atoms with Crippen molar-refractivity contribution in [1.82, 2.24) is 0 Å². The van der Waals surface area contributed by atoms with Gasteiger partial charge in [0, 0.05) is 3.57 Å². The molecular weight excluding hydrogens is 306 g/mol. The fourth-order valence-corrected chi connectivity index (χ4v) is 1.50. The minimum absolute atomic E-state index is 0.00218. The van der Waals surface area contributed by atoms with Crippen LogP contribution in [0.4, 0.5) is 13.2 Å². The van der Waals surface area contributed by atoms with Crippen molar-refractivity contribution >= 4 is 22.6 Å². The lowest BCUT2D eigenvalue weighted by molar-refractivity contribution is -0.137. The van der Waals surface area contributed by atoms with E-state index in [1.165, 1.54) is 6.07 Å². The summed E-state index contributed by atoms with van der Waals surface area (Å²) in [6, 6.07) is 5.24. The van der Waals surface area contributed by atoms with Crippen LogP contribution in [0.3, 0.4) is 0 Å². The maximum atomic E-state index is 12.3. The van der Waals surface area contributed by atoms with Crippen LogP contribution in [0.2, 0.25) is 0 Å². The molecule has 1 aromatic rings. The molecule has 0 aliphatic carbocycles. The Morgan fingerprint density at radius 2 is 2.00 bits per heavy atom. The molecule has 1 nitrogen and oxygen atoms in total. The van der Waals surface area contributed by atoms with Crippen LogP contribution in [0.25, 0.3) is 0 Å². The highest BCUT2D eigenvalue weighted by Crippen LogP contribution is 2.30. The molecule has 0 radical (unpaired) electrons. The average Bonchev–Trinajstić information content (AvgIpc) is 2.07. The molecule has 74 valence electrons. The summed E-state index contributed by atoms with van der Waals surface area (Å²) in [6.07, 6.45) is -4.34. The Labute approximate surface area is 92.7 Å². The van der Waals surface area contributed by atoms with Gasteiger partial charge in [0.25, 0.3) is 0 Å². The average molecular weight is 311 g/mol. The monoisotopic (exact) mass is 311 g/mol. The van der Waals surface area contributed by atoms with E-state index < -0.39 is 11.7 Å². The zero-order valence-electron chi connectivity index (χ0n) is 6.90. The predicted molar refractivity (Wildman–Crippen MR) is 53.5 cm³/mol. The summed E-state index contributed by atoms with van der Waals surface area (Å²) < 4.78 is 37.4. The van der Waals surface area contributed by atoms with Crippen LogP contribution in [0, 0.1) is 14.9 Å². The first-order valence-corrected chi connectivity index (χ1v) is 4.75. The van der Waals surface area contributed by atoms with Crippen LogP contribution in [-0.2, 0) is 12.6 Å². The molecule has 1 rings (SSSR count). The molecule has 0 N–H and O–H groups in total. The van der Waals surface area contributed by atoms with Crippen molar-refractivity contribution in [3.05, 3.63) is 32.9 Å². The number of rotatable bonds is 1. The third-order valence-electron chi connectivity index (χ3n) is 1.64. The van der Waals surface area contributed by atoms with Crippen molar-refractivity contribution in [3.8, 4) is 6.07 Å². The summed E-state index contributed by atoms with van der Waals surface area (Å²) in [5, 5.41) is 8.40. The van der Waals surface area contributed by atoms with Gasteiger partial charge in [0.15, 0.2) is 0 Å². The molecule has 0 aromatic heterocycles. The van der Waals surface area contributed by atoms with Crippen molar-refractivity contribution in [3.63, 3.8) is 0 Å². The third-order valence-corrected chi connectivity index (χ3v) is 2.69. The van der Waals surface area contributed by atoms with E-state index in [9.17, 15) is 13.2 Å². The molecule has 0 saturated carbocycles. The van der Waals surface area contributed by atoms with Crippen molar-refractivity contribution in [2.45, 2.75) is 12.6 Å². The van der Waals surface area contributed by atoms with Crippen molar-refractivity contribution in [1.29, 1.82) is 5.26 Å². The molecule has 0 heterocycles. The first-order valence-electron chi connectivity index (χ1n) is 3.67. The Bertz CT molecular complexity index is 379. The smallest absolute Gasteiger partial charge is 0.198 e. The lowest BCUT2D eigenvalue weighted by Gasteiger charge is -2.08. The molecule has 0 unspecified atom stereocenters. The van der Waals surface area contributed by atoms with Gasteiger partial charge in [-0.05, 0) is 46.4 Å². The molecule has 0 fully saturated rings. The number of nitrogens with zero attached hydrogens (tertiary/aromatic N) is 1. The summed E-state index contributed by atoms with van der Waals surface area (Å²) in [6.45, 7) is 0. The standard InChI is InChI=1S/C9H5F3IN/c10-9(11,12)7-1-2-8(13)6(5-7)3-4-14/h1-2,5H,3H2. The fourth-order valence-electron chi connectivity index (χ4n) is 0.972. The molecule has 0 saturated heterocycles. The van der Waals surface area contributed by atoms with Gasteiger partial charge < -0.3 is 0 Å². The van der Waals surface area contributed by atoms with Gasteiger partial charge in [-0.3, -0.25) is 0 Å². The van der Waals surface area contributed by atoms with Crippen LogP contribution < -0.4 is 0 Å². The minimum Gasteiger partial charge on any atom is -0.198 e. The molecule has 14 heavy (non-hydrogen) atoms. The van der Waals surface area contributed by atoms with Gasteiger partial charge in [0.1, 0.15) is 0 Å². The highest BCUT2D eigenvalue weighted by atomic mass is 127. The molecule has 0 bridgehead atoms. The Balaban J connectivity index is 3.14. The van der Waals surface area contributed by atoms with Gasteiger partial charge in [-0.2, -0.15) is 18.4 Å². The van der Waals surface area contributed by atoms with Gasteiger partial charge in [-0.1, -0.05) is 0 Å². The Morgan fingerprint density at radius 3 is 2.50 bits per heavy atom. The Hall–Kier alpha value is -0.770. The zero-order valence-corrected chi connectivity index (χ0v) is 9.06. The van der Waals surface area contributed by atoms with Crippen molar-refractivity contribution in [2.24, 2.45) is 0 Å². The van der Waals surface area contributed by atoms with E-state index in [2.05, 4.69) is 0 Å². The summed E-state index contributed by atoms with van der Waals surface area (Å²) in [4.78, 5) is 0. The minimum atomic E-state index is -4.34. The predicted octanol–water partition coefficient (Wildman–Crippen LogP) is 3.38.